The number of rotatable bonds is 5. The molecule has 2 aromatic heterocycles. The van der Waals surface area contributed by atoms with Gasteiger partial charge >= 0.3 is 0 Å². The van der Waals surface area contributed by atoms with E-state index >= 15 is 0 Å². The lowest BCUT2D eigenvalue weighted by molar-refractivity contribution is 0.268. The number of sulfonamides is 1. The molecule has 6 nitrogen and oxygen atoms in total. The van der Waals surface area contributed by atoms with Crippen molar-refractivity contribution in [1.82, 2.24) is 19.6 Å². The molecule has 0 saturated carbocycles. The second-order valence-electron chi connectivity index (χ2n) is 5.71. The molecule has 0 aliphatic carbocycles. The maximum absolute atomic E-state index is 12.8. The number of hydrogen-bond donors (Lipinski definition) is 2. The molecule has 0 aromatic carbocycles. The zero-order valence-corrected chi connectivity index (χ0v) is 14.8. The van der Waals surface area contributed by atoms with E-state index in [0.29, 0.717) is 34.9 Å². The largest absolute Gasteiger partial charge is 0.345 e. The molecule has 128 valence electrons. The Labute approximate surface area is 143 Å². The van der Waals surface area contributed by atoms with Gasteiger partial charge in [-0.25, -0.2) is 13.4 Å². The molecule has 0 spiro atoms. The van der Waals surface area contributed by atoms with Gasteiger partial charge in [0, 0.05) is 30.9 Å². The summed E-state index contributed by atoms with van der Waals surface area (Å²) >= 11 is 0. The molecule has 0 atom stereocenters. The molecule has 3 rings (SSSR count). The van der Waals surface area contributed by atoms with Crippen molar-refractivity contribution in [3.05, 3.63) is 24.5 Å². The fraction of sp³-hybridized carbons (Fsp3) is 0.533. The summed E-state index contributed by atoms with van der Waals surface area (Å²) < 4.78 is 27.3. The van der Waals surface area contributed by atoms with Gasteiger partial charge in [-0.3, -0.25) is 0 Å². The van der Waals surface area contributed by atoms with E-state index in [9.17, 15) is 8.42 Å². The first-order chi connectivity index (χ1) is 10.6. The second kappa shape index (κ2) is 7.61. The molecular weight excluding hydrogens is 336 g/mol. The molecular formula is C15H23ClN4O2S. The quantitative estimate of drug-likeness (QED) is 0.856. The van der Waals surface area contributed by atoms with Crippen molar-refractivity contribution in [2.45, 2.75) is 24.7 Å². The Morgan fingerprint density at radius 1 is 1.39 bits per heavy atom. The molecule has 3 heterocycles. The van der Waals surface area contributed by atoms with E-state index in [0.717, 1.165) is 25.9 Å². The Balaban J connectivity index is 0.00000192. The van der Waals surface area contributed by atoms with E-state index in [-0.39, 0.29) is 12.4 Å². The van der Waals surface area contributed by atoms with E-state index in [2.05, 4.69) is 22.2 Å². The number of pyridine rings is 1. The van der Waals surface area contributed by atoms with Gasteiger partial charge in [-0.05, 0) is 44.0 Å². The van der Waals surface area contributed by atoms with Crippen molar-refractivity contribution in [2.24, 2.45) is 5.92 Å². The molecule has 1 aliphatic rings. The highest BCUT2D eigenvalue weighted by Gasteiger charge is 2.31. The monoisotopic (exact) mass is 358 g/mol. The first kappa shape index (κ1) is 18.2. The molecule has 1 aliphatic heterocycles. The zero-order valence-electron chi connectivity index (χ0n) is 13.2. The predicted molar refractivity (Wildman–Crippen MR) is 93.4 cm³/mol. The van der Waals surface area contributed by atoms with E-state index < -0.39 is 10.0 Å². The lowest BCUT2D eigenvalue weighted by Crippen LogP contribution is -2.40. The van der Waals surface area contributed by atoms with Crippen LogP contribution in [0.4, 0.5) is 0 Å². The minimum absolute atomic E-state index is 0. The maximum Gasteiger partial charge on any atom is 0.245 e. The van der Waals surface area contributed by atoms with Crippen LogP contribution in [0.25, 0.3) is 11.0 Å². The van der Waals surface area contributed by atoms with Gasteiger partial charge in [-0.2, -0.15) is 4.31 Å². The van der Waals surface area contributed by atoms with Gasteiger partial charge in [0.1, 0.15) is 10.5 Å². The molecule has 2 aromatic rings. The van der Waals surface area contributed by atoms with Gasteiger partial charge in [0.2, 0.25) is 10.0 Å². The molecule has 0 radical (unpaired) electrons. The van der Waals surface area contributed by atoms with Gasteiger partial charge < -0.3 is 10.3 Å². The number of halogens is 1. The van der Waals surface area contributed by atoms with Crippen LogP contribution in [0.2, 0.25) is 0 Å². The number of hydrogen-bond acceptors (Lipinski definition) is 4. The number of fused-ring (bicyclic) bond motifs is 1. The van der Waals surface area contributed by atoms with E-state index in [1.165, 1.54) is 0 Å². The summed E-state index contributed by atoms with van der Waals surface area (Å²) in [5.74, 6) is 0.566. The van der Waals surface area contributed by atoms with Crippen LogP contribution in [0, 0.1) is 5.92 Å². The molecule has 1 fully saturated rings. The number of aromatic nitrogens is 2. The topological polar surface area (TPSA) is 78.1 Å². The third-order valence-corrected chi connectivity index (χ3v) is 6.23. The molecule has 23 heavy (non-hydrogen) atoms. The van der Waals surface area contributed by atoms with E-state index in [1.54, 1.807) is 28.8 Å². The molecule has 2 N–H and O–H groups in total. The van der Waals surface area contributed by atoms with Gasteiger partial charge in [0.25, 0.3) is 0 Å². The second-order valence-corrected chi connectivity index (χ2v) is 7.61. The van der Waals surface area contributed by atoms with Crippen LogP contribution in [-0.2, 0) is 10.0 Å². The van der Waals surface area contributed by atoms with Crippen LogP contribution < -0.4 is 5.32 Å². The number of piperidine rings is 1. The minimum atomic E-state index is -3.45. The van der Waals surface area contributed by atoms with Gasteiger partial charge in [-0.15, -0.1) is 12.4 Å². The Bertz CT molecular complexity index is 739. The Morgan fingerprint density at radius 3 is 2.83 bits per heavy atom. The summed E-state index contributed by atoms with van der Waals surface area (Å²) in [6, 6.07) is 3.56. The summed E-state index contributed by atoms with van der Waals surface area (Å²) in [6.45, 7) is 5.20. The standard InChI is InChI=1S/C15H22N4O2S.ClH/c1-2-16-10-12-5-8-19(9-6-12)22(20,21)14-11-18-15-13(14)4-3-7-17-15;/h3-4,7,11-12,16H,2,5-6,8-10H2,1H3,(H,17,18);1H. The highest BCUT2D eigenvalue weighted by atomic mass is 35.5. The molecule has 1 saturated heterocycles. The SMILES string of the molecule is CCNCC1CCN(S(=O)(=O)c2c[nH]c3ncccc23)CC1.Cl. The first-order valence-electron chi connectivity index (χ1n) is 7.76. The molecule has 0 bridgehead atoms. The van der Waals surface area contributed by atoms with Crippen LogP contribution in [0.5, 0.6) is 0 Å². The molecule has 0 unspecified atom stereocenters. The van der Waals surface area contributed by atoms with Crippen LogP contribution in [0.15, 0.2) is 29.4 Å². The average molecular weight is 359 g/mol. The summed E-state index contributed by atoms with van der Waals surface area (Å²) in [5.41, 5.74) is 0.614. The summed E-state index contributed by atoms with van der Waals surface area (Å²) in [7, 11) is -3.45. The highest BCUT2D eigenvalue weighted by Crippen LogP contribution is 2.27. The summed E-state index contributed by atoms with van der Waals surface area (Å²) in [5, 5.41) is 4.01. The lowest BCUT2D eigenvalue weighted by atomic mass is 9.98. The van der Waals surface area contributed by atoms with Crippen molar-refractivity contribution >= 4 is 33.5 Å². The van der Waals surface area contributed by atoms with Crippen LogP contribution in [0.1, 0.15) is 19.8 Å². The van der Waals surface area contributed by atoms with Crippen molar-refractivity contribution in [3.8, 4) is 0 Å². The van der Waals surface area contributed by atoms with Crippen LogP contribution >= 0.6 is 12.4 Å². The lowest BCUT2D eigenvalue weighted by Gasteiger charge is -2.31. The Hall–Kier alpha value is -1.15. The third-order valence-electron chi connectivity index (χ3n) is 4.29. The Kier molecular flexibility index (Phi) is 6.02. The van der Waals surface area contributed by atoms with Gasteiger partial charge in [0.15, 0.2) is 0 Å². The molecule has 8 heteroatoms. The Morgan fingerprint density at radius 2 is 2.13 bits per heavy atom. The van der Waals surface area contributed by atoms with Crippen LogP contribution in [0.3, 0.4) is 0 Å². The van der Waals surface area contributed by atoms with E-state index in [4.69, 9.17) is 0 Å². The van der Waals surface area contributed by atoms with Crippen molar-refractivity contribution in [2.75, 3.05) is 26.2 Å². The number of nitrogens with zero attached hydrogens (tertiary/aromatic N) is 2. The fourth-order valence-corrected chi connectivity index (χ4v) is 4.61. The first-order valence-corrected chi connectivity index (χ1v) is 9.20. The minimum Gasteiger partial charge on any atom is -0.345 e. The fourth-order valence-electron chi connectivity index (χ4n) is 2.99. The number of nitrogens with one attached hydrogen (secondary N) is 2. The smallest absolute Gasteiger partial charge is 0.245 e. The third kappa shape index (κ3) is 3.68. The van der Waals surface area contributed by atoms with Crippen molar-refractivity contribution in [1.29, 1.82) is 0 Å². The maximum atomic E-state index is 12.8. The van der Waals surface area contributed by atoms with Crippen LogP contribution in [-0.4, -0.2) is 48.9 Å². The summed E-state index contributed by atoms with van der Waals surface area (Å²) in [6.07, 6.45) is 5.03. The zero-order chi connectivity index (χ0) is 15.6. The van der Waals surface area contributed by atoms with Gasteiger partial charge in [-0.1, -0.05) is 6.92 Å². The number of H-pyrrole nitrogens is 1. The molecule has 0 amide bonds. The van der Waals surface area contributed by atoms with E-state index in [1.807, 2.05) is 0 Å². The normalized spacial score (nSPS) is 17.3. The predicted octanol–water partition coefficient (Wildman–Crippen LogP) is 1.99. The number of aromatic amines is 1. The van der Waals surface area contributed by atoms with Gasteiger partial charge in [0.05, 0.1) is 0 Å². The summed E-state index contributed by atoms with van der Waals surface area (Å²) in [4.78, 5) is 7.44. The average Bonchev–Trinajstić information content (AvgIpc) is 2.98. The highest BCUT2D eigenvalue weighted by molar-refractivity contribution is 7.89. The van der Waals surface area contributed by atoms with Crippen molar-refractivity contribution < 1.29 is 8.42 Å². The van der Waals surface area contributed by atoms with Crippen molar-refractivity contribution in [3.63, 3.8) is 0 Å².